The minimum atomic E-state index is 0.262. The maximum atomic E-state index is 12.1. The van der Waals surface area contributed by atoms with E-state index in [0.29, 0.717) is 6.42 Å². The molecule has 0 aromatic carbocycles. The molecule has 90 valence electrons. The third-order valence-corrected chi connectivity index (χ3v) is 3.50. The lowest BCUT2D eigenvalue weighted by atomic mass is 10.1. The second-order valence-electron chi connectivity index (χ2n) is 4.57. The van der Waals surface area contributed by atoms with Crippen molar-refractivity contribution in [1.82, 2.24) is 4.90 Å². The molecule has 0 radical (unpaired) electrons. The lowest BCUT2D eigenvalue weighted by Crippen LogP contribution is -2.42. The van der Waals surface area contributed by atoms with E-state index in [0.717, 1.165) is 6.42 Å². The molecular weight excluding hydrogens is 218 g/mol. The smallest absolute Gasteiger partial charge is 0.223 e. The van der Waals surface area contributed by atoms with Crippen LogP contribution in [0.3, 0.4) is 0 Å². The van der Waals surface area contributed by atoms with Crippen molar-refractivity contribution in [1.29, 1.82) is 0 Å². The van der Waals surface area contributed by atoms with Crippen molar-refractivity contribution in [3.8, 4) is 0 Å². The van der Waals surface area contributed by atoms with Crippen LogP contribution in [0, 0.1) is 0 Å². The Labute approximate surface area is 102 Å². The summed E-state index contributed by atoms with van der Waals surface area (Å²) in [4.78, 5) is 15.3. The molecule has 0 spiro atoms. The molecule has 0 aliphatic rings. The summed E-state index contributed by atoms with van der Waals surface area (Å²) in [5, 5.41) is 2.06. The first-order valence-corrected chi connectivity index (χ1v) is 6.74. The van der Waals surface area contributed by atoms with Gasteiger partial charge in [0.25, 0.3) is 0 Å². The van der Waals surface area contributed by atoms with Crippen LogP contribution in [0.15, 0.2) is 17.5 Å². The van der Waals surface area contributed by atoms with E-state index in [2.05, 4.69) is 39.1 Å². The van der Waals surface area contributed by atoms with Crippen LogP contribution in [0.4, 0.5) is 0 Å². The molecular formula is C13H21NOS. The van der Waals surface area contributed by atoms with E-state index in [4.69, 9.17) is 0 Å². The van der Waals surface area contributed by atoms with Gasteiger partial charge in [-0.05, 0) is 45.6 Å². The van der Waals surface area contributed by atoms with E-state index < -0.39 is 0 Å². The number of hydrogen-bond acceptors (Lipinski definition) is 2. The molecule has 0 bridgehead atoms. The van der Waals surface area contributed by atoms with Gasteiger partial charge < -0.3 is 4.90 Å². The highest BCUT2D eigenvalue weighted by atomic mass is 32.1. The summed E-state index contributed by atoms with van der Waals surface area (Å²) in [5.74, 6) is 0.262. The van der Waals surface area contributed by atoms with Crippen molar-refractivity contribution in [2.75, 3.05) is 0 Å². The Bertz CT molecular complexity index is 309. The van der Waals surface area contributed by atoms with Crippen molar-refractivity contribution in [2.45, 2.75) is 52.6 Å². The molecule has 0 aliphatic heterocycles. The summed E-state index contributed by atoms with van der Waals surface area (Å²) < 4.78 is 0. The van der Waals surface area contributed by atoms with Crippen molar-refractivity contribution in [2.24, 2.45) is 0 Å². The zero-order valence-electron chi connectivity index (χ0n) is 10.6. The second-order valence-corrected chi connectivity index (χ2v) is 5.60. The largest absolute Gasteiger partial charge is 0.338 e. The number of rotatable bonds is 5. The molecule has 0 saturated heterocycles. The number of aryl methyl sites for hydroxylation is 1. The van der Waals surface area contributed by atoms with Crippen LogP contribution >= 0.6 is 11.3 Å². The topological polar surface area (TPSA) is 20.3 Å². The Morgan fingerprint density at radius 2 is 1.94 bits per heavy atom. The van der Waals surface area contributed by atoms with E-state index in [1.54, 1.807) is 11.3 Å². The third-order valence-electron chi connectivity index (χ3n) is 2.57. The maximum absolute atomic E-state index is 12.1. The van der Waals surface area contributed by atoms with Crippen LogP contribution in [0.5, 0.6) is 0 Å². The molecule has 0 N–H and O–H groups in total. The van der Waals surface area contributed by atoms with Crippen molar-refractivity contribution in [3.05, 3.63) is 22.4 Å². The van der Waals surface area contributed by atoms with Gasteiger partial charge in [0, 0.05) is 23.4 Å². The van der Waals surface area contributed by atoms with Gasteiger partial charge in [0.15, 0.2) is 0 Å². The molecule has 1 aromatic heterocycles. The van der Waals surface area contributed by atoms with Crippen LogP contribution in [0.25, 0.3) is 0 Å². The lowest BCUT2D eigenvalue weighted by molar-refractivity contribution is -0.134. The Morgan fingerprint density at radius 3 is 2.38 bits per heavy atom. The Kier molecular flexibility index (Phi) is 5.00. The van der Waals surface area contributed by atoms with Gasteiger partial charge in [-0.1, -0.05) is 6.07 Å². The fourth-order valence-corrected chi connectivity index (χ4v) is 2.70. The average Bonchev–Trinajstić information content (AvgIpc) is 2.65. The van der Waals surface area contributed by atoms with Gasteiger partial charge in [-0.2, -0.15) is 0 Å². The van der Waals surface area contributed by atoms with Gasteiger partial charge in [0.1, 0.15) is 0 Å². The van der Waals surface area contributed by atoms with E-state index in [1.807, 2.05) is 11.0 Å². The quantitative estimate of drug-likeness (QED) is 0.772. The number of carbonyl (C=O) groups is 1. The summed E-state index contributed by atoms with van der Waals surface area (Å²) in [6.45, 7) is 8.29. The molecule has 0 fully saturated rings. The number of hydrogen-bond donors (Lipinski definition) is 0. The normalized spacial score (nSPS) is 11.1. The fraction of sp³-hybridized carbons (Fsp3) is 0.615. The highest BCUT2D eigenvalue weighted by Gasteiger charge is 2.19. The SMILES string of the molecule is CC(C)N(C(=O)CCc1cccs1)C(C)C. The van der Waals surface area contributed by atoms with Gasteiger partial charge in [-0.15, -0.1) is 11.3 Å². The van der Waals surface area contributed by atoms with Gasteiger partial charge >= 0.3 is 0 Å². The molecule has 0 aliphatic carbocycles. The molecule has 2 nitrogen and oxygen atoms in total. The standard InChI is InChI=1S/C13H21NOS/c1-10(2)14(11(3)4)13(15)8-7-12-6-5-9-16-12/h5-6,9-11H,7-8H2,1-4H3. The minimum Gasteiger partial charge on any atom is -0.338 e. The minimum absolute atomic E-state index is 0.262. The summed E-state index contributed by atoms with van der Waals surface area (Å²) in [5.41, 5.74) is 0. The predicted molar refractivity (Wildman–Crippen MR) is 69.8 cm³/mol. The van der Waals surface area contributed by atoms with Crippen LogP contribution < -0.4 is 0 Å². The van der Waals surface area contributed by atoms with Gasteiger partial charge in [-0.25, -0.2) is 0 Å². The second kappa shape index (κ2) is 6.04. The van der Waals surface area contributed by atoms with Crippen LogP contribution in [-0.2, 0) is 11.2 Å². The van der Waals surface area contributed by atoms with Gasteiger partial charge in [0.2, 0.25) is 5.91 Å². The lowest BCUT2D eigenvalue weighted by Gasteiger charge is -2.30. The summed E-state index contributed by atoms with van der Waals surface area (Å²) >= 11 is 1.72. The summed E-state index contributed by atoms with van der Waals surface area (Å²) in [7, 11) is 0. The molecule has 16 heavy (non-hydrogen) atoms. The molecule has 3 heteroatoms. The predicted octanol–water partition coefficient (Wildman–Crippen LogP) is 3.33. The highest BCUT2D eigenvalue weighted by Crippen LogP contribution is 2.14. The zero-order chi connectivity index (χ0) is 12.1. The Morgan fingerprint density at radius 1 is 1.31 bits per heavy atom. The molecule has 1 rings (SSSR count). The van der Waals surface area contributed by atoms with E-state index in [9.17, 15) is 4.79 Å². The highest BCUT2D eigenvalue weighted by molar-refractivity contribution is 7.09. The first kappa shape index (κ1) is 13.2. The van der Waals surface area contributed by atoms with Crippen LogP contribution in [0.2, 0.25) is 0 Å². The first-order chi connectivity index (χ1) is 7.52. The molecule has 0 atom stereocenters. The van der Waals surface area contributed by atoms with Crippen LogP contribution in [-0.4, -0.2) is 22.9 Å². The molecule has 1 heterocycles. The monoisotopic (exact) mass is 239 g/mol. The molecule has 0 unspecified atom stereocenters. The fourth-order valence-electron chi connectivity index (χ4n) is 1.99. The molecule has 1 aromatic rings. The Balaban J connectivity index is 2.50. The molecule has 0 saturated carbocycles. The number of thiophene rings is 1. The van der Waals surface area contributed by atoms with Crippen molar-refractivity contribution in [3.63, 3.8) is 0 Å². The van der Waals surface area contributed by atoms with Gasteiger partial charge in [-0.3, -0.25) is 4.79 Å². The summed E-state index contributed by atoms with van der Waals surface area (Å²) in [6, 6.07) is 4.70. The Hall–Kier alpha value is -0.830. The zero-order valence-corrected chi connectivity index (χ0v) is 11.4. The first-order valence-electron chi connectivity index (χ1n) is 5.86. The number of amides is 1. The summed E-state index contributed by atoms with van der Waals surface area (Å²) in [6.07, 6.45) is 1.49. The van der Waals surface area contributed by atoms with E-state index in [1.165, 1.54) is 4.88 Å². The van der Waals surface area contributed by atoms with Crippen molar-refractivity contribution < 1.29 is 4.79 Å². The number of nitrogens with zero attached hydrogens (tertiary/aromatic N) is 1. The maximum Gasteiger partial charge on any atom is 0.223 e. The third kappa shape index (κ3) is 3.63. The van der Waals surface area contributed by atoms with E-state index in [-0.39, 0.29) is 18.0 Å². The number of carbonyl (C=O) groups excluding carboxylic acids is 1. The van der Waals surface area contributed by atoms with E-state index >= 15 is 0 Å². The van der Waals surface area contributed by atoms with Crippen molar-refractivity contribution >= 4 is 17.2 Å². The molecule has 1 amide bonds. The van der Waals surface area contributed by atoms with Gasteiger partial charge in [0.05, 0.1) is 0 Å². The van der Waals surface area contributed by atoms with Crippen LogP contribution in [0.1, 0.15) is 39.0 Å². The average molecular weight is 239 g/mol.